The highest BCUT2D eigenvalue weighted by Crippen LogP contribution is 2.15. The summed E-state index contributed by atoms with van der Waals surface area (Å²) in [6.07, 6.45) is 1.00. The second kappa shape index (κ2) is 10.4. The van der Waals surface area contributed by atoms with Crippen LogP contribution in [0.1, 0.15) is 43.7 Å². The molecule has 0 fully saturated rings. The lowest BCUT2D eigenvalue weighted by molar-refractivity contribution is -0.137. The highest BCUT2D eigenvalue weighted by atomic mass is 16.4. The molecular formula is C17H24N2O6. The highest BCUT2D eigenvalue weighted by molar-refractivity contribution is 5.97. The number of hydrogen-bond donors (Lipinski definition) is 5. The molecule has 0 radical (unpaired) electrons. The number of carbonyl (C=O) groups is 3. The number of anilines is 1. The molecule has 1 aromatic carbocycles. The van der Waals surface area contributed by atoms with Crippen LogP contribution in [0, 0.1) is 0 Å². The van der Waals surface area contributed by atoms with E-state index in [0.29, 0.717) is 29.7 Å². The fourth-order valence-electron chi connectivity index (χ4n) is 2.21. The van der Waals surface area contributed by atoms with Gasteiger partial charge in [0.2, 0.25) is 11.8 Å². The number of nitrogens with one attached hydrogen (secondary N) is 2. The van der Waals surface area contributed by atoms with Gasteiger partial charge in [0.15, 0.2) is 0 Å². The Bertz CT molecular complexity index is 595. The fraction of sp³-hybridized carbons (Fsp3) is 0.471. The van der Waals surface area contributed by atoms with Gasteiger partial charge in [0, 0.05) is 18.5 Å². The molecule has 0 bridgehead atoms. The van der Waals surface area contributed by atoms with Gasteiger partial charge in [-0.15, -0.1) is 0 Å². The molecule has 8 heteroatoms. The van der Waals surface area contributed by atoms with Gasteiger partial charge in [-0.1, -0.05) is 6.07 Å². The molecule has 25 heavy (non-hydrogen) atoms. The maximum atomic E-state index is 12.1. The number of amides is 2. The fourth-order valence-corrected chi connectivity index (χ4v) is 2.21. The summed E-state index contributed by atoms with van der Waals surface area (Å²) >= 11 is 0. The summed E-state index contributed by atoms with van der Waals surface area (Å²) in [6.45, 7) is 1.09. The number of benzene rings is 1. The quantitative estimate of drug-likeness (QED) is 0.394. The van der Waals surface area contributed by atoms with E-state index in [1.807, 2.05) is 0 Å². The maximum absolute atomic E-state index is 12.1. The highest BCUT2D eigenvalue weighted by Gasteiger charge is 2.16. The van der Waals surface area contributed by atoms with Crippen molar-refractivity contribution in [1.29, 1.82) is 0 Å². The minimum atomic E-state index is -0.902. The number of rotatable bonds is 10. The van der Waals surface area contributed by atoms with E-state index in [0.717, 1.165) is 0 Å². The molecule has 0 aliphatic rings. The predicted molar refractivity (Wildman–Crippen MR) is 90.6 cm³/mol. The first kappa shape index (κ1) is 20.6. The van der Waals surface area contributed by atoms with Crippen LogP contribution in [0.25, 0.3) is 0 Å². The molecule has 138 valence electrons. The summed E-state index contributed by atoms with van der Waals surface area (Å²) in [5.74, 6) is -1.66. The van der Waals surface area contributed by atoms with Gasteiger partial charge in [0.1, 0.15) is 6.04 Å². The summed E-state index contributed by atoms with van der Waals surface area (Å²) in [7, 11) is 0. The van der Waals surface area contributed by atoms with Gasteiger partial charge >= 0.3 is 5.97 Å². The van der Waals surface area contributed by atoms with Gasteiger partial charge in [0.05, 0.1) is 13.2 Å². The van der Waals surface area contributed by atoms with Crippen molar-refractivity contribution in [2.45, 2.75) is 51.9 Å². The first-order valence-corrected chi connectivity index (χ1v) is 8.02. The van der Waals surface area contributed by atoms with Gasteiger partial charge in [-0.3, -0.25) is 14.4 Å². The minimum Gasteiger partial charge on any atom is -0.481 e. The third kappa shape index (κ3) is 7.77. The van der Waals surface area contributed by atoms with E-state index >= 15 is 0 Å². The van der Waals surface area contributed by atoms with Crippen LogP contribution in [0.4, 0.5) is 5.69 Å². The van der Waals surface area contributed by atoms with Gasteiger partial charge in [0.25, 0.3) is 0 Å². The zero-order chi connectivity index (χ0) is 18.8. The number of carbonyl (C=O) groups excluding carboxylic acids is 2. The molecule has 0 heterocycles. The molecule has 0 aliphatic heterocycles. The predicted octanol–water partition coefficient (Wildman–Crippen LogP) is 0.759. The van der Waals surface area contributed by atoms with E-state index in [2.05, 4.69) is 10.6 Å². The number of aliphatic hydroxyl groups is 2. The van der Waals surface area contributed by atoms with E-state index in [1.165, 1.54) is 6.92 Å². The Morgan fingerprint density at radius 2 is 1.56 bits per heavy atom. The van der Waals surface area contributed by atoms with Crippen LogP contribution in [0.5, 0.6) is 0 Å². The van der Waals surface area contributed by atoms with Crippen molar-refractivity contribution in [3.8, 4) is 0 Å². The van der Waals surface area contributed by atoms with Crippen molar-refractivity contribution >= 4 is 23.5 Å². The monoisotopic (exact) mass is 352 g/mol. The number of hydrogen-bond acceptors (Lipinski definition) is 5. The lowest BCUT2D eigenvalue weighted by Crippen LogP contribution is -2.41. The third-order valence-corrected chi connectivity index (χ3v) is 3.50. The molecule has 1 atom stereocenters. The molecule has 1 rings (SSSR count). The Morgan fingerprint density at radius 1 is 1.00 bits per heavy atom. The first-order chi connectivity index (χ1) is 11.8. The molecule has 1 aromatic rings. The maximum Gasteiger partial charge on any atom is 0.303 e. The average molecular weight is 352 g/mol. The summed E-state index contributed by atoms with van der Waals surface area (Å²) in [5.41, 5.74) is 1.53. The van der Waals surface area contributed by atoms with Gasteiger partial charge < -0.3 is 26.0 Å². The van der Waals surface area contributed by atoms with Crippen molar-refractivity contribution in [2.24, 2.45) is 0 Å². The molecule has 0 saturated carbocycles. The molecular weight excluding hydrogens is 328 g/mol. The molecule has 0 saturated heterocycles. The van der Waals surface area contributed by atoms with Crippen LogP contribution in [0.2, 0.25) is 0 Å². The lowest BCUT2D eigenvalue weighted by atomic mass is 10.1. The van der Waals surface area contributed by atoms with Crippen LogP contribution in [-0.2, 0) is 27.6 Å². The zero-order valence-corrected chi connectivity index (χ0v) is 14.1. The summed E-state index contributed by atoms with van der Waals surface area (Å²) in [6, 6.07) is 4.01. The van der Waals surface area contributed by atoms with Crippen LogP contribution in [-0.4, -0.2) is 39.1 Å². The van der Waals surface area contributed by atoms with E-state index in [1.54, 1.807) is 18.2 Å². The van der Waals surface area contributed by atoms with Gasteiger partial charge in [-0.05, 0) is 43.0 Å². The summed E-state index contributed by atoms with van der Waals surface area (Å²) in [5, 5.41) is 32.1. The lowest BCUT2D eigenvalue weighted by Gasteiger charge is -2.15. The Balaban J connectivity index is 2.51. The van der Waals surface area contributed by atoms with E-state index < -0.39 is 17.9 Å². The molecule has 0 aliphatic carbocycles. The van der Waals surface area contributed by atoms with Crippen LogP contribution >= 0.6 is 0 Å². The third-order valence-electron chi connectivity index (χ3n) is 3.50. The number of unbranched alkanes of at least 4 members (excludes halogenated alkanes) is 1. The standard InChI is InChI=1S/C17H24N2O6/c1-11(18-15(22)4-2-3-5-16(23)24)17(25)19-14-7-12(9-20)6-13(8-14)10-21/h6-8,11,20-21H,2-5,9-10H2,1H3,(H,18,22)(H,19,25)(H,23,24)/t11-/m0/s1. The van der Waals surface area contributed by atoms with Crippen molar-refractivity contribution < 1.29 is 29.7 Å². The summed E-state index contributed by atoms with van der Waals surface area (Å²) < 4.78 is 0. The topological polar surface area (TPSA) is 136 Å². The van der Waals surface area contributed by atoms with E-state index in [4.69, 9.17) is 5.11 Å². The zero-order valence-electron chi connectivity index (χ0n) is 14.1. The largest absolute Gasteiger partial charge is 0.481 e. The Hall–Kier alpha value is -2.45. The minimum absolute atomic E-state index is 0.0116. The second-order valence-corrected chi connectivity index (χ2v) is 5.73. The Labute approximate surface area is 145 Å². The summed E-state index contributed by atoms with van der Waals surface area (Å²) in [4.78, 5) is 34.3. The first-order valence-electron chi connectivity index (χ1n) is 8.02. The second-order valence-electron chi connectivity index (χ2n) is 5.73. The van der Waals surface area contributed by atoms with Crippen molar-refractivity contribution in [2.75, 3.05) is 5.32 Å². The van der Waals surface area contributed by atoms with Gasteiger partial charge in [-0.25, -0.2) is 0 Å². The normalized spacial score (nSPS) is 11.6. The Kier molecular flexibility index (Phi) is 8.59. The van der Waals surface area contributed by atoms with Crippen molar-refractivity contribution in [3.05, 3.63) is 29.3 Å². The molecule has 5 N–H and O–H groups in total. The molecule has 8 nitrogen and oxygen atoms in total. The molecule has 0 unspecified atom stereocenters. The number of carboxylic acids is 1. The van der Waals surface area contributed by atoms with Crippen LogP contribution < -0.4 is 10.6 Å². The number of carboxylic acid groups (broad SMARTS) is 1. The average Bonchev–Trinajstić information content (AvgIpc) is 2.57. The SMILES string of the molecule is C[C@H](NC(=O)CCCCC(=O)O)C(=O)Nc1cc(CO)cc(CO)c1. The van der Waals surface area contributed by atoms with E-state index in [9.17, 15) is 24.6 Å². The van der Waals surface area contributed by atoms with Crippen LogP contribution in [0.3, 0.4) is 0 Å². The smallest absolute Gasteiger partial charge is 0.303 e. The van der Waals surface area contributed by atoms with Crippen molar-refractivity contribution in [3.63, 3.8) is 0 Å². The molecule has 2 amide bonds. The van der Waals surface area contributed by atoms with Gasteiger partial charge in [-0.2, -0.15) is 0 Å². The number of aliphatic hydroxyl groups excluding tert-OH is 2. The van der Waals surface area contributed by atoms with Crippen LogP contribution in [0.15, 0.2) is 18.2 Å². The number of aliphatic carboxylic acids is 1. The van der Waals surface area contributed by atoms with E-state index in [-0.39, 0.29) is 32.0 Å². The molecule has 0 spiro atoms. The van der Waals surface area contributed by atoms with Crippen molar-refractivity contribution in [1.82, 2.24) is 5.32 Å². The molecule has 0 aromatic heterocycles. The Morgan fingerprint density at radius 3 is 2.08 bits per heavy atom.